The Labute approximate surface area is 201 Å². The minimum absolute atomic E-state index is 0.236. The molecule has 2 saturated heterocycles. The van der Waals surface area contributed by atoms with E-state index in [1.54, 1.807) is 18.2 Å². The average molecular weight is 477 g/mol. The lowest BCUT2D eigenvalue weighted by molar-refractivity contribution is -0.147. The Morgan fingerprint density at radius 3 is 2.59 bits per heavy atom. The van der Waals surface area contributed by atoms with Crippen molar-refractivity contribution < 1.29 is 14.4 Å². The second-order valence-corrected chi connectivity index (χ2v) is 10.9. The standard InChI is InChI=1S/C26H25ClN4O3/c1-25(2,3)31-22(32)20-19(10-13-12-28-17-7-5-4-6-15(13)17)30-26(21(20)23(31)33)16-11-14(27)8-9-18(16)29-24(26)34/h4-9,11-12,19-21,28,30H,10H2,1-3H3,(H,29,34)/t19-,20+,21+,26-/m0/s1. The molecule has 0 unspecified atom stereocenters. The van der Waals surface area contributed by atoms with Crippen LogP contribution >= 0.6 is 11.6 Å². The van der Waals surface area contributed by atoms with Gasteiger partial charge >= 0.3 is 0 Å². The molecule has 0 bridgehead atoms. The first-order valence-electron chi connectivity index (χ1n) is 11.4. The summed E-state index contributed by atoms with van der Waals surface area (Å²) in [5.74, 6) is -2.40. The van der Waals surface area contributed by atoms with Crippen LogP contribution < -0.4 is 10.6 Å². The molecule has 4 atom stereocenters. The number of benzene rings is 2. The number of fused-ring (bicyclic) bond motifs is 5. The Morgan fingerprint density at radius 2 is 1.82 bits per heavy atom. The summed E-state index contributed by atoms with van der Waals surface area (Å²) in [6.07, 6.45) is 2.43. The first kappa shape index (κ1) is 21.4. The van der Waals surface area contributed by atoms with Crippen molar-refractivity contribution in [1.82, 2.24) is 15.2 Å². The molecule has 1 aromatic heterocycles. The van der Waals surface area contributed by atoms with Gasteiger partial charge in [0.15, 0.2) is 0 Å². The molecular weight excluding hydrogens is 452 g/mol. The highest BCUT2D eigenvalue weighted by Crippen LogP contribution is 2.54. The molecule has 2 fully saturated rings. The molecule has 2 aromatic carbocycles. The number of amides is 3. The van der Waals surface area contributed by atoms with E-state index in [1.807, 2.05) is 51.2 Å². The van der Waals surface area contributed by atoms with Crippen molar-refractivity contribution in [2.75, 3.05) is 5.32 Å². The third-order valence-electron chi connectivity index (χ3n) is 7.46. The monoisotopic (exact) mass is 476 g/mol. The summed E-state index contributed by atoms with van der Waals surface area (Å²) in [5, 5.41) is 7.93. The van der Waals surface area contributed by atoms with Crippen LogP contribution in [0.2, 0.25) is 5.02 Å². The van der Waals surface area contributed by atoms with E-state index in [4.69, 9.17) is 11.6 Å². The van der Waals surface area contributed by atoms with Gasteiger partial charge in [-0.05, 0) is 57.0 Å². The Hall–Kier alpha value is -3.16. The molecule has 6 rings (SSSR count). The van der Waals surface area contributed by atoms with Gasteiger partial charge in [-0.25, -0.2) is 0 Å². The van der Waals surface area contributed by atoms with Crippen LogP contribution in [0.4, 0.5) is 5.69 Å². The normalized spacial score (nSPS) is 28.2. The fourth-order valence-electron chi connectivity index (χ4n) is 6.15. The number of carbonyl (C=O) groups is 3. The van der Waals surface area contributed by atoms with Gasteiger partial charge in [0, 0.05) is 45.0 Å². The molecular formula is C26H25ClN4O3. The lowest BCUT2D eigenvalue weighted by Crippen LogP contribution is -2.56. The topological polar surface area (TPSA) is 94.3 Å². The van der Waals surface area contributed by atoms with Crippen LogP contribution in [-0.4, -0.2) is 39.2 Å². The number of imide groups is 1. The number of halogens is 1. The zero-order valence-electron chi connectivity index (χ0n) is 19.1. The van der Waals surface area contributed by atoms with Gasteiger partial charge in [-0.3, -0.25) is 24.6 Å². The summed E-state index contributed by atoms with van der Waals surface area (Å²) < 4.78 is 0. The van der Waals surface area contributed by atoms with E-state index in [9.17, 15) is 14.4 Å². The molecule has 1 spiro atoms. The minimum atomic E-state index is -1.35. The van der Waals surface area contributed by atoms with Crippen LogP contribution in [0, 0.1) is 11.8 Å². The summed E-state index contributed by atoms with van der Waals surface area (Å²) >= 11 is 6.33. The highest BCUT2D eigenvalue weighted by Gasteiger charge is 2.71. The number of anilines is 1. The number of para-hydroxylation sites is 1. The number of nitrogens with zero attached hydrogens (tertiary/aromatic N) is 1. The molecule has 34 heavy (non-hydrogen) atoms. The van der Waals surface area contributed by atoms with E-state index >= 15 is 0 Å². The van der Waals surface area contributed by atoms with E-state index in [2.05, 4.69) is 15.6 Å². The summed E-state index contributed by atoms with van der Waals surface area (Å²) in [6, 6.07) is 12.7. The number of aromatic amines is 1. The number of likely N-dealkylation sites (tertiary alicyclic amines) is 1. The fraction of sp³-hybridized carbons (Fsp3) is 0.346. The van der Waals surface area contributed by atoms with Crippen LogP contribution in [-0.2, 0) is 26.3 Å². The van der Waals surface area contributed by atoms with E-state index < -0.39 is 29.0 Å². The van der Waals surface area contributed by atoms with Gasteiger partial charge in [0.2, 0.25) is 17.7 Å². The van der Waals surface area contributed by atoms with Crippen molar-refractivity contribution in [3.8, 4) is 0 Å². The van der Waals surface area contributed by atoms with E-state index in [0.29, 0.717) is 22.7 Å². The van der Waals surface area contributed by atoms with Crippen LogP contribution in [0.1, 0.15) is 31.9 Å². The maximum Gasteiger partial charge on any atom is 0.250 e. The molecule has 3 aliphatic rings. The second kappa shape index (κ2) is 6.93. The third-order valence-corrected chi connectivity index (χ3v) is 7.70. The fourth-order valence-corrected chi connectivity index (χ4v) is 6.32. The average Bonchev–Trinajstić information content (AvgIpc) is 3.47. The van der Waals surface area contributed by atoms with Crippen LogP contribution in [0.3, 0.4) is 0 Å². The van der Waals surface area contributed by atoms with Crippen molar-refractivity contribution >= 4 is 45.9 Å². The molecule has 8 heteroatoms. The Kier molecular flexibility index (Phi) is 4.36. The third kappa shape index (κ3) is 2.71. The van der Waals surface area contributed by atoms with Crippen molar-refractivity contribution in [1.29, 1.82) is 0 Å². The minimum Gasteiger partial charge on any atom is -0.361 e. The van der Waals surface area contributed by atoms with Crippen LogP contribution in [0.5, 0.6) is 0 Å². The summed E-state index contributed by atoms with van der Waals surface area (Å²) in [6.45, 7) is 5.54. The molecule has 3 N–H and O–H groups in total. The smallest absolute Gasteiger partial charge is 0.250 e. The summed E-state index contributed by atoms with van der Waals surface area (Å²) in [4.78, 5) is 45.8. The first-order valence-corrected chi connectivity index (χ1v) is 11.8. The van der Waals surface area contributed by atoms with Gasteiger partial charge in [0.25, 0.3) is 0 Å². The van der Waals surface area contributed by atoms with Gasteiger partial charge < -0.3 is 10.3 Å². The number of H-pyrrole nitrogens is 1. The van der Waals surface area contributed by atoms with Gasteiger partial charge in [0.1, 0.15) is 5.54 Å². The number of rotatable bonds is 2. The van der Waals surface area contributed by atoms with Crippen molar-refractivity contribution in [2.45, 2.75) is 44.3 Å². The molecule has 174 valence electrons. The predicted molar refractivity (Wildman–Crippen MR) is 129 cm³/mol. The maximum atomic E-state index is 13.9. The largest absolute Gasteiger partial charge is 0.361 e. The highest BCUT2D eigenvalue weighted by atomic mass is 35.5. The van der Waals surface area contributed by atoms with Crippen molar-refractivity contribution in [3.63, 3.8) is 0 Å². The molecule has 3 aliphatic heterocycles. The molecule has 7 nitrogen and oxygen atoms in total. The van der Waals surface area contributed by atoms with Gasteiger partial charge in [-0.1, -0.05) is 29.8 Å². The zero-order valence-corrected chi connectivity index (χ0v) is 19.9. The van der Waals surface area contributed by atoms with E-state index in [-0.39, 0.29) is 17.7 Å². The van der Waals surface area contributed by atoms with Gasteiger partial charge in [-0.15, -0.1) is 0 Å². The predicted octanol–water partition coefficient (Wildman–Crippen LogP) is 3.58. The second-order valence-electron chi connectivity index (χ2n) is 10.5. The van der Waals surface area contributed by atoms with Crippen molar-refractivity contribution in [2.24, 2.45) is 11.8 Å². The summed E-state index contributed by atoms with van der Waals surface area (Å²) in [7, 11) is 0. The van der Waals surface area contributed by atoms with Crippen molar-refractivity contribution in [3.05, 3.63) is 64.8 Å². The molecule has 0 radical (unpaired) electrons. The molecule has 4 heterocycles. The number of hydrogen-bond acceptors (Lipinski definition) is 4. The van der Waals surface area contributed by atoms with Crippen LogP contribution in [0.15, 0.2) is 48.7 Å². The van der Waals surface area contributed by atoms with Gasteiger partial charge in [0.05, 0.1) is 11.8 Å². The SMILES string of the molecule is CC(C)(C)N1C(=O)[C@@H]2[C@H](Cc3c[nH]c4ccccc34)N[C@]3(C(=O)Nc4ccc(Cl)cc43)[C@H]2C1=O. The summed E-state index contributed by atoms with van der Waals surface area (Å²) in [5.41, 5.74) is 1.22. The maximum absolute atomic E-state index is 13.9. The number of carbonyl (C=O) groups excluding carboxylic acids is 3. The van der Waals surface area contributed by atoms with Crippen LogP contribution in [0.25, 0.3) is 10.9 Å². The lowest BCUT2D eigenvalue weighted by atomic mass is 9.76. The Bertz CT molecular complexity index is 1390. The number of nitrogens with one attached hydrogen (secondary N) is 3. The molecule has 3 aromatic rings. The highest BCUT2D eigenvalue weighted by molar-refractivity contribution is 6.31. The molecule has 3 amide bonds. The Balaban J connectivity index is 1.51. The number of aromatic nitrogens is 1. The van der Waals surface area contributed by atoms with E-state index in [1.165, 1.54) is 4.90 Å². The first-order chi connectivity index (χ1) is 16.1. The quantitative estimate of drug-likeness (QED) is 0.493. The number of hydrogen-bond donors (Lipinski definition) is 3. The van der Waals surface area contributed by atoms with Gasteiger partial charge in [-0.2, -0.15) is 0 Å². The lowest BCUT2D eigenvalue weighted by Gasteiger charge is -2.34. The zero-order chi connectivity index (χ0) is 24.0. The molecule has 0 aliphatic carbocycles. The Morgan fingerprint density at radius 1 is 1.06 bits per heavy atom. The molecule has 0 saturated carbocycles. The van der Waals surface area contributed by atoms with E-state index in [0.717, 1.165) is 16.5 Å².